The van der Waals surface area contributed by atoms with E-state index in [1.165, 1.54) is 12.8 Å². The normalized spacial score (nSPS) is 14.1. The number of fused-ring (bicyclic) bond motifs is 1. The largest absolute Gasteiger partial charge is 0.493 e. The number of hydrogen-bond acceptors (Lipinski definition) is 8. The Labute approximate surface area is 185 Å². The lowest BCUT2D eigenvalue weighted by Gasteiger charge is -2.17. The highest BCUT2D eigenvalue weighted by atomic mass is 16.5. The summed E-state index contributed by atoms with van der Waals surface area (Å²) in [5.41, 5.74) is 5.47. The lowest BCUT2D eigenvalue weighted by Crippen LogP contribution is -2.21. The second-order valence-corrected chi connectivity index (χ2v) is 8.27. The standard InChI is InChI=1S/C20H26N6O2.CH3NO2/c1-20(2,27)11-12-28-16-9-7-15(8-10-16)26-18-17(24-25-26)13-21-19(23-18)22-14-5-3-4-6-14;2-1(3)4/h7-10,13-14,27H,3-6,11-12H2,1-2H3,(H,21,22,23);2H2,(H,3,4). The Morgan fingerprint density at radius 3 is 2.56 bits per heavy atom. The molecule has 0 spiro atoms. The first-order valence-electron chi connectivity index (χ1n) is 10.5. The molecule has 4 rings (SSSR count). The second kappa shape index (κ2) is 10.2. The van der Waals surface area contributed by atoms with Crippen molar-refractivity contribution in [3.63, 3.8) is 0 Å². The predicted octanol–water partition coefficient (Wildman–Crippen LogP) is 2.73. The van der Waals surface area contributed by atoms with Crippen LogP contribution in [0.15, 0.2) is 30.5 Å². The maximum absolute atomic E-state index is 9.76. The SMILES string of the molecule is CC(C)(O)CCOc1ccc(-n2nnc3cnc(NC4CCCC4)nc32)cc1.NC(=O)O. The van der Waals surface area contributed by atoms with Crippen LogP contribution in [0.2, 0.25) is 0 Å². The van der Waals surface area contributed by atoms with Crippen molar-refractivity contribution in [1.29, 1.82) is 0 Å². The third-order valence-corrected chi connectivity index (χ3v) is 4.94. The van der Waals surface area contributed by atoms with Crippen molar-refractivity contribution in [3.05, 3.63) is 30.5 Å². The molecule has 0 unspecified atom stereocenters. The molecule has 3 aromatic rings. The van der Waals surface area contributed by atoms with Gasteiger partial charge in [-0.1, -0.05) is 18.1 Å². The summed E-state index contributed by atoms with van der Waals surface area (Å²) in [6.07, 6.45) is 5.77. The molecule has 1 fully saturated rings. The number of aromatic nitrogens is 5. The van der Waals surface area contributed by atoms with Gasteiger partial charge < -0.3 is 26.0 Å². The summed E-state index contributed by atoms with van der Waals surface area (Å²) < 4.78 is 7.40. The van der Waals surface area contributed by atoms with Gasteiger partial charge in [0.2, 0.25) is 5.95 Å². The zero-order valence-corrected chi connectivity index (χ0v) is 18.2. The smallest absolute Gasteiger partial charge is 0.402 e. The number of rotatable bonds is 7. The minimum atomic E-state index is -1.33. The van der Waals surface area contributed by atoms with Crippen molar-refractivity contribution < 1.29 is 19.7 Å². The van der Waals surface area contributed by atoms with Gasteiger partial charge >= 0.3 is 6.09 Å². The number of nitrogens with two attached hydrogens (primary N) is 1. The molecule has 0 atom stereocenters. The molecule has 11 heteroatoms. The summed E-state index contributed by atoms with van der Waals surface area (Å²) in [4.78, 5) is 17.8. The van der Waals surface area contributed by atoms with E-state index < -0.39 is 11.7 Å². The van der Waals surface area contributed by atoms with E-state index in [4.69, 9.17) is 14.6 Å². The van der Waals surface area contributed by atoms with Crippen molar-refractivity contribution in [3.8, 4) is 11.4 Å². The van der Waals surface area contributed by atoms with Crippen LogP contribution in [-0.4, -0.2) is 59.5 Å². The number of carboxylic acid groups (broad SMARTS) is 1. The number of anilines is 1. The van der Waals surface area contributed by atoms with E-state index in [0.717, 1.165) is 24.3 Å². The quantitative estimate of drug-likeness (QED) is 0.430. The molecule has 0 saturated heterocycles. The minimum absolute atomic E-state index is 0.446. The molecule has 2 heterocycles. The van der Waals surface area contributed by atoms with Crippen LogP contribution in [-0.2, 0) is 0 Å². The highest BCUT2D eigenvalue weighted by molar-refractivity contribution is 5.72. The third-order valence-electron chi connectivity index (χ3n) is 4.94. The van der Waals surface area contributed by atoms with E-state index in [0.29, 0.717) is 36.2 Å². The molecule has 1 amide bonds. The monoisotopic (exact) mass is 443 g/mol. The van der Waals surface area contributed by atoms with Crippen LogP contribution in [0.25, 0.3) is 16.9 Å². The Hall–Kier alpha value is -3.47. The third kappa shape index (κ3) is 6.77. The topological polar surface area (TPSA) is 161 Å². The first-order valence-corrected chi connectivity index (χ1v) is 10.5. The van der Waals surface area contributed by atoms with Crippen molar-refractivity contribution in [2.75, 3.05) is 11.9 Å². The zero-order valence-electron chi connectivity index (χ0n) is 18.2. The molecule has 1 aliphatic rings. The zero-order chi connectivity index (χ0) is 23.1. The van der Waals surface area contributed by atoms with E-state index in [1.54, 1.807) is 24.7 Å². The Bertz CT molecular complexity index is 1020. The number of nitrogens with zero attached hydrogens (tertiary/aromatic N) is 5. The van der Waals surface area contributed by atoms with E-state index in [1.807, 2.05) is 24.3 Å². The summed E-state index contributed by atoms with van der Waals surface area (Å²) in [5, 5.41) is 28.8. The van der Waals surface area contributed by atoms with Gasteiger partial charge in [-0.25, -0.2) is 9.78 Å². The Kier molecular flexibility index (Phi) is 7.41. The fourth-order valence-corrected chi connectivity index (χ4v) is 3.33. The van der Waals surface area contributed by atoms with Crippen LogP contribution < -0.4 is 15.8 Å². The Morgan fingerprint density at radius 1 is 1.28 bits per heavy atom. The number of aliphatic hydroxyl groups is 1. The first-order chi connectivity index (χ1) is 15.2. The van der Waals surface area contributed by atoms with E-state index >= 15 is 0 Å². The number of benzene rings is 1. The molecular weight excluding hydrogens is 414 g/mol. The van der Waals surface area contributed by atoms with Crippen LogP contribution in [0.5, 0.6) is 5.75 Å². The molecular formula is C21H29N7O4. The second-order valence-electron chi connectivity index (χ2n) is 8.27. The highest BCUT2D eigenvalue weighted by Gasteiger charge is 2.17. The highest BCUT2D eigenvalue weighted by Crippen LogP contribution is 2.22. The molecule has 5 N–H and O–H groups in total. The summed E-state index contributed by atoms with van der Waals surface area (Å²) >= 11 is 0. The summed E-state index contributed by atoms with van der Waals surface area (Å²) in [6, 6.07) is 8.04. The average Bonchev–Trinajstić information content (AvgIpc) is 3.37. The lowest BCUT2D eigenvalue weighted by atomic mass is 10.1. The van der Waals surface area contributed by atoms with Crippen LogP contribution in [0.3, 0.4) is 0 Å². The molecule has 1 aliphatic carbocycles. The van der Waals surface area contributed by atoms with E-state index in [9.17, 15) is 5.11 Å². The van der Waals surface area contributed by atoms with Gasteiger partial charge in [-0.15, -0.1) is 5.10 Å². The van der Waals surface area contributed by atoms with Crippen LogP contribution in [0, 0.1) is 0 Å². The summed E-state index contributed by atoms with van der Waals surface area (Å²) in [6.45, 7) is 4.00. The van der Waals surface area contributed by atoms with E-state index in [2.05, 4.69) is 31.3 Å². The molecule has 2 aromatic heterocycles. The van der Waals surface area contributed by atoms with Crippen LogP contribution in [0.4, 0.5) is 10.7 Å². The van der Waals surface area contributed by atoms with Gasteiger partial charge in [0.25, 0.3) is 0 Å². The molecule has 11 nitrogen and oxygen atoms in total. The van der Waals surface area contributed by atoms with Crippen LogP contribution in [0.1, 0.15) is 46.0 Å². The molecule has 32 heavy (non-hydrogen) atoms. The Balaban J connectivity index is 0.000000668. The van der Waals surface area contributed by atoms with Gasteiger partial charge in [0.05, 0.1) is 24.1 Å². The number of hydrogen-bond donors (Lipinski definition) is 4. The number of ether oxygens (including phenoxy) is 1. The molecule has 0 aliphatic heterocycles. The van der Waals surface area contributed by atoms with Gasteiger partial charge in [-0.3, -0.25) is 0 Å². The minimum Gasteiger partial charge on any atom is -0.493 e. The van der Waals surface area contributed by atoms with Gasteiger partial charge in [-0.2, -0.15) is 9.67 Å². The van der Waals surface area contributed by atoms with Gasteiger partial charge in [0, 0.05) is 12.5 Å². The predicted molar refractivity (Wildman–Crippen MR) is 119 cm³/mol. The molecule has 1 saturated carbocycles. The first kappa shape index (κ1) is 23.2. The van der Waals surface area contributed by atoms with Gasteiger partial charge in [0.1, 0.15) is 5.75 Å². The number of nitrogens with one attached hydrogen (secondary N) is 1. The fraction of sp³-hybridized carbons (Fsp3) is 0.476. The van der Waals surface area contributed by atoms with Gasteiger partial charge in [-0.05, 0) is 51.0 Å². The van der Waals surface area contributed by atoms with E-state index in [-0.39, 0.29) is 0 Å². The van der Waals surface area contributed by atoms with Crippen molar-refractivity contribution in [2.45, 2.75) is 57.6 Å². The molecule has 0 bridgehead atoms. The summed E-state index contributed by atoms with van der Waals surface area (Å²) in [5.74, 6) is 1.37. The number of carbonyl (C=O) groups is 1. The van der Waals surface area contributed by atoms with Crippen molar-refractivity contribution in [1.82, 2.24) is 25.0 Å². The van der Waals surface area contributed by atoms with Crippen molar-refractivity contribution >= 4 is 23.2 Å². The maximum Gasteiger partial charge on any atom is 0.402 e. The fourth-order valence-electron chi connectivity index (χ4n) is 3.33. The lowest BCUT2D eigenvalue weighted by molar-refractivity contribution is 0.0553. The molecule has 1 aromatic carbocycles. The average molecular weight is 444 g/mol. The Morgan fingerprint density at radius 2 is 1.94 bits per heavy atom. The number of primary amides is 1. The van der Waals surface area contributed by atoms with Gasteiger partial charge in [0.15, 0.2) is 11.2 Å². The number of amides is 1. The van der Waals surface area contributed by atoms with Crippen molar-refractivity contribution in [2.24, 2.45) is 5.73 Å². The molecule has 0 radical (unpaired) electrons. The molecule has 172 valence electrons. The maximum atomic E-state index is 9.76. The van der Waals surface area contributed by atoms with Crippen LogP contribution >= 0.6 is 0 Å². The summed E-state index contributed by atoms with van der Waals surface area (Å²) in [7, 11) is 0.